The van der Waals surface area contributed by atoms with Crippen LogP contribution < -0.4 is 10.6 Å². The van der Waals surface area contributed by atoms with Crippen LogP contribution in [0.3, 0.4) is 0 Å². The Hall–Kier alpha value is -3.68. The molecular formula is C20H22N8. The summed E-state index contributed by atoms with van der Waals surface area (Å²) in [5, 5.41) is 15.0. The molecule has 28 heavy (non-hydrogen) atoms. The van der Waals surface area contributed by atoms with Crippen LogP contribution in [-0.2, 0) is 13.1 Å². The molecule has 0 unspecified atom stereocenters. The van der Waals surface area contributed by atoms with Gasteiger partial charge in [0.15, 0.2) is 17.4 Å². The van der Waals surface area contributed by atoms with Gasteiger partial charge in [-0.2, -0.15) is 0 Å². The summed E-state index contributed by atoms with van der Waals surface area (Å²) in [6.07, 6.45) is 7.46. The van der Waals surface area contributed by atoms with Crippen molar-refractivity contribution in [3.63, 3.8) is 0 Å². The first-order valence-electron chi connectivity index (χ1n) is 9.22. The maximum atomic E-state index is 4.74. The first kappa shape index (κ1) is 17.7. The summed E-state index contributed by atoms with van der Waals surface area (Å²) in [6.45, 7) is 3.89. The lowest BCUT2D eigenvalue weighted by Crippen LogP contribution is -2.37. The number of pyridine rings is 1. The van der Waals surface area contributed by atoms with Crippen molar-refractivity contribution in [3.8, 4) is 5.69 Å². The van der Waals surface area contributed by atoms with Crippen LogP contribution in [0.2, 0.25) is 0 Å². The van der Waals surface area contributed by atoms with Gasteiger partial charge >= 0.3 is 0 Å². The van der Waals surface area contributed by atoms with E-state index in [9.17, 15) is 0 Å². The molecule has 2 N–H and O–H groups in total. The van der Waals surface area contributed by atoms with E-state index in [2.05, 4.69) is 37.9 Å². The third-order valence-corrected chi connectivity index (χ3v) is 4.32. The van der Waals surface area contributed by atoms with Crippen molar-refractivity contribution in [1.82, 2.24) is 34.8 Å². The molecule has 3 aromatic heterocycles. The van der Waals surface area contributed by atoms with Crippen LogP contribution in [0.4, 0.5) is 0 Å². The fourth-order valence-corrected chi connectivity index (χ4v) is 2.98. The van der Waals surface area contributed by atoms with E-state index in [0.717, 1.165) is 35.2 Å². The molecule has 0 atom stereocenters. The molecule has 1 aromatic carbocycles. The third-order valence-electron chi connectivity index (χ3n) is 4.32. The maximum absolute atomic E-state index is 4.74. The fraction of sp³-hybridized carbons (Fsp3) is 0.200. The number of aliphatic imine (C=N–C) groups is 1. The first-order chi connectivity index (χ1) is 13.8. The van der Waals surface area contributed by atoms with E-state index in [4.69, 9.17) is 4.99 Å². The molecular weight excluding hydrogens is 352 g/mol. The van der Waals surface area contributed by atoms with E-state index in [1.54, 1.807) is 12.5 Å². The molecule has 0 aliphatic heterocycles. The van der Waals surface area contributed by atoms with Crippen molar-refractivity contribution in [1.29, 1.82) is 0 Å². The molecule has 0 saturated carbocycles. The average Bonchev–Trinajstić information content (AvgIpc) is 3.40. The van der Waals surface area contributed by atoms with Crippen LogP contribution >= 0.6 is 0 Å². The number of guanidine groups is 1. The standard InChI is InChI=1S/C20H22N8/c1-2-22-20(24-14-19-26-25-18-9-5-6-11-28(18)19)23-13-16-7-3-4-8-17(16)27-12-10-21-15-27/h3-12,15H,2,13-14H2,1H3,(H2,22,23,24). The predicted octanol–water partition coefficient (Wildman–Crippen LogP) is 2.17. The third kappa shape index (κ3) is 3.85. The lowest BCUT2D eigenvalue weighted by atomic mass is 10.2. The molecule has 0 fully saturated rings. The van der Waals surface area contributed by atoms with Crippen molar-refractivity contribution in [2.45, 2.75) is 20.0 Å². The van der Waals surface area contributed by atoms with Crippen molar-refractivity contribution >= 4 is 11.6 Å². The van der Waals surface area contributed by atoms with Crippen LogP contribution in [0.5, 0.6) is 0 Å². The van der Waals surface area contributed by atoms with Gasteiger partial charge in [-0.15, -0.1) is 10.2 Å². The molecule has 4 aromatic rings. The summed E-state index contributed by atoms with van der Waals surface area (Å²) in [6, 6.07) is 14.0. The Morgan fingerprint density at radius 2 is 1.93 bits per heavy atom. The quantitative estimate of drug-likeness (QED) is 0.399. The van der Waals surface area contributed by atoms with E-state index >= 15 is 0 Å². The monoisotopic (exact) mass is 374 g/mol. The van der Waals surface area contributed by atoms with Crippen LogP contribution in [0.15, 0.2) is 72.4 Å². The highest BCUT2D eigenvalue weighted by Gasteiger charge is 2.07. The zero-order chi connectivity index (χ0) is 19.2. The number of nitrogens with zero attached hydrogens (tertiary/aromatic N) is 6. The zero-order valence-corrected chi connectivity index (χ0v) is 15.7. The molecule has 0 saturated heterocycles. The summed E-state index contributed by atoms with van der Waals surface area (Å²) < 4.78 is 3.96. The Balaban J connectivity index is 1.50. The van der Waals surface area contributed by atoms with Crippen LogP contribution in [0.1, 0.15) is 18.3 Å². The molecule has 0 spiro atoms. The van der Waals surface area contributed by atoms with Gasteiger partial charge in [-0.1, -0.05) is 24.3 Å². The van der Waals surface area contributed by atoms with Gasteiger partial charge in [-0.3, -0.25) is 4.40 Å². The van der Waals surface area contributed by atoms with Gasteiger partial charge in [0.1, 0.15) is 0 Å². The highest BCUT2D eigenvalue weighted by Crippen LogP contribution is 2.15. The second-order valence-corrected chi connectivity index (χ2v) is 6.19. The molecule has 8 nitrogen and oxygen atoms in total. The SMILES string of the molecule is CCNC(=NCc1ccccc1-n1ccnc1)NCc1nnc2ccccn12. The van der Waals surface area contributed by atoms with Gasteiger partial charge in [0, 0.05) is 25.1 Å². The number of benzene rings is 1. The second kappa shape index (κ2) is 8.34. The molecule has 0 radical (unpaired) electrons. The van der Waals surface area contributed by atoms with E-state index in [1.165, 1.54) is 0 Å². The number of hydrogen-bond acceptors (Lipinski definition) is 4. The summed E-state index contributed by atoms with van der Waals surface area (Å²) in [7, 11) is 0. The van der Waals surface area contributed by atoms with Gasteiger partial charge in [0.25, 0.3) is 0 Å². The molecule has 142 valence electrons. The Bertz CT molecular complexity index is 1060. The summed E-state index contributed by atoms with van der Waals surface area (Å²) in [5.74, 6) is 1.57. The molecule has 0 aliphatic carbocycles. The maximum Gasteiger partial charge on any atom is 0.191 e. The Labute approximate surface area is 163 Å². The molecule has 0 aliphatic rings. The van der Waals surface area contributed by atoms with Gasteiger partial charge in [-0.05, 0) is 30.7 Å². The summed E-state index contributed by atoms with van der Waals surface area (Å²) >= 11 is 0. The number of rotatable bonds is 6. The minimum Gasteiger partial charge on any atom is -0.357 e. The summed E-state index contributed by atoms with van der Waals surface area (Å²) in [4.78, 5) is 8.87. The van der Waals surface area contributed by atoms with E-state index < -0.39 is 0 Å². The second-order valence-electron chi connectivity index (χ2n) is 6.19. The van der Waals surface area contributed by atoms with Crippen LogP contribution in [0, 0.1) is 0 Å². The number of nitrogens with one attached hydrogen (secondary N) is 2. The van der Waals surface area contributed by atoms with E-state index in [1.807, 2.05) is 58.6 Å². The Kier molecular flexibility index (Phi) is 5.28. The Morgan fingerprint density at radius 1 is 1.04 bits per heavy atom. The summed E-state index contributed by atoms with van der Waals surface area (Å²) in [5.41, 5.74) is 3.02. The Morgan fingerprint density at radius 3 is 2.79 bits per heavy atom. The number of fused-ring (bicyclic) bond motifs is 1. The zero-order valence-electron chi connectivity index (χ0n) is 15.7. The van der Waals surface area contributed by atoms with Gasteiger partial charge in [-0.25, -0.2) is 9.98 Å². The van der Waals surface area contributed by atoms with Crippen LogP contribution in [-0.4, -0.2) is 36.7 Å². The molecule has 8 heteroatoms. The predicted molar refractivity (Wildman–Crippen MR) is 108 cm³/mol. The normalized spacial score (nSPS) is 11.7. The van der Waals surface area contributed by atoms with Crippen molar-refractivity contribution < 1.29 is 0 Å². The smallest absolute Gasteiger partial charge is 0.191 e. The van der Waals surface area contributed by atoms with E-state index in [-0.39, 0.29) is 0 Å². The van der Waals surface area contributed by atoms with Crippen LogP contribution in [0.25, 0.3) is 11.3 Å². The molecule has 3 heterocycles. The van der Waals surface area contributed by atoms with Crippen molar-refractivity contribution in [2.24, 2.45) is 4.99 Å². The number of imidazole rings is 1. The first-order valence-corrected chi connectivity index (χ1v) is 9.22. The lowest BCUT2D eigenvalue weighted by Gasteiger charge is -2.12. The largest absolute Gasteiger partial charge is 0.357 e. The minimum absolute atomic E-state index is 0.528. The highest BCUT2D eigenvalue weighted by molar-refractivity contribution is 5.79. The average molecular weight is 374 g/mol. The minimum atomic E-state index is 0.528. The topological polar surface area (TPSA) is 84.4 Å². The van der Waals surface area contributed by atoms with Gasteiger partial charge in [0.2, 0.25) is 0 Å². The fourth-order valence-electron chi connectivity index (χ4n) is 2.98. The van der Waals surface area contributed by atoms with E-state index in [0.29, 0.717) is 13.1 Å². The van der Waals surface area contributed by atoms with Gasteiger partial charge < -0.3 is 15.2 Å². The lowest BCUT2D eigenvalue weighted by molar-refractivity contribution is 0.765. The van der Waals surface area contributed by atoms with Gasteiger partial charge in [0.05, 0.1) is 25.1 Å². The number of para-hydroxylation sites is 1. The molecule has 4 rings (SSSR count). The highest BCUT2D eigenvalue weighted by atomic mass is 15.3. The van der Waals surface area contributed by atoms with Crippen molar-refractivity contribution in [2.75, 3.05) is 6.54 Å². The van der Waals surface area contributed by atoms with Crippen molar-refractivity contribution in [3.05, 3.63) is 78.8 Å². The number of hydrogen-bond donors (Lipinski definition) is 2. The number of aromatic nitrogens is 5. The molecule has 0 amide bonds. The molecule has 0 bridgehead atoms.